The Morgan fingerprint density at radius 1 is 1.27 bits per heavy atom. The normalized spacial score (nSPS) is 23.1. The number of likely N-dealkylation sites (tertiary alicyclic amines) is 1. The predicted molar refractivity (Wildman–Crippen MR) is 101 cm³/mol. The maximum Gasteiger partial charge on any atom is 0.240 e. The van der Waals surface area contributed by atoms with Gasteiger partial charge < -0.3 is 10.6 Å². The first-order chi connectivity index (χ1) is 12.3. The summed E-state index contributed by atoms with van der Waals surface area (Å²) < 4.78 is 27.6. The minimum Gasteiger partial charge on any atom is -0.342 e. The average Bonchev–Trinajstić information content (AvgIpc) is 3.04. The van der Waals surface area contributed by atoms with Gasteiger partial charge in [-0.3, -0.25) is 4.79 Å². The largest absolute Gasteiger partial charge is 0.342 e. The first-order valence-corrected chi connectivity index (χ1v) is 10.9. The van der Waals surface area contributed by atoms with Crippen LogP contribution in [0.2, 0.25) is 0 Å². The predicted octanol–water partition coefficient (Wildman–Crippen LogP) is 1.43. The second-order valence-corrected chi connectivity index (χ2v) is 9.63. The van der Waals surface area contributed by atoms with Gasteiger partial charge in [-0.2, -0.15) is 0 Å². The molecule has 0 spiro atoms. The summed E-state index contributed by atoms with van der Waals surface area (Å²) in [5, 5.41) is 0. The molecule has 1 aromatic rings. The van der Waals surface area contributed by atoms with Gasteiger partial charge in [-0.1, -0.05) is 13.0 Å². The molecule has 6 nitrogen and oxygen atoms in total. The molecule has 26 heavy (non-hydrogen) atoms. The van der Waals surface area contributed by atoms with Gasteiger partial charge in [0.05, 0.1) is 4.90 Å². The molecule has 1 unspecified atom stereocenters. The van der Waals surface area contributed by atoms with E-state index < -0.39 is 10.0 Å². The SMILES string of the molecule is CC1(CN)CCN(C(=O)CCNS(=O)(=O)c2ccc3c(c2)CCCC3)C1. The van der Waals surface area contributed by atoms with E-state index in [2.05, 4.69) is 11.6 Å². The summed E-state index contributed by atoms with van der Waals surface area (Å²) >= 11 is 0. The zero-order chi connectivity index (χ0) is 18.8. The van der Waals surface area contributed by atoms with Crippen LogP contribution in [0.5, 0.6) is 0 Å². The Morgan fingerprint density at radius 2 is 2.00 bits per heavy atom. The lowest BCUT2D eigenvalue weighted by Gasteiger charge is -2.22. The monoisotopic (exact) mass is 379 g/mol. The van der Waals surface area contributed by atoms with Crippen LogP contribution in [-0.2, 0) is 27.7 Å². The van der Waals surface area contributed by atoms with Gasteiger partial charge in [0, 0.05) is 26.1 Å². The van der Waals surface area contributed by atoms with E-state index in [1.54, 1.807) is 17.0 Å². The van der Waals surface area contributed by atoms with Crippen LogP contribution in [0.1, 0.15) is 43.7 Å². The third-order valence-corrected chi connectivity index (χ3v) is 7.12. The van der Waals surface area contributed by atoms with Gasteiger partial charge in [0.25, 0.3) is 0 Å². The quantitative estimate of drug-likeness (QED) is 0.782. The Balaban J connectivity index is 1.55. The number of fused-ring (bicyclic) bond motifs is 1. The molecule has 0 radical (unpaired) electrons. The number of nitrogens with two attached hydrogens (primary N) is 1. The highest BCUT2D eigenvalue weighted by atomic mass is 32.2. The third kappa shape index (κ3) is 4.27. The maximum atomic E-state index is 12.5. The van der Waals surface area contributed by atoms with E-state index in [0.29, 0.717) is 24.5 Å². The Labute approximate surface area is 156 Å². The van der Waals surface area contributed by atoms with Crippen molar-refractivity contribution in [2.45, 2.75) is 50.3 Å². The number of amides is 1. The molecule has 1 saturated heterocycles. The number of carbonyl (C=O) groups is 1. The van der Waals surface area contributed by atoms with E-state index in [1.807, 2.05) is 6.07 Å². The summed E-state index contributed by atoms with van der Waals surface area (Å²) in [4.78, 5) is 14.4. The molecule has 1 aliphatic carbocycles. The van der Waals surface area contributed by atoms with E-state index in [1.165, 1.54) is 12.0 Å². The molecular weight excluding hydrogens is 350 g/mol. The van der Waals surface area contributed by atoms with Gasteiger partial charge in [0.15, 0.2) is 0 Å². The van der Waals surface area contributed by atoms with Gasteiger partial charge >= 0.3 is 0 Å². The number of hydrogen-bond acceptors (Lipinski definition) is 4. The topological polar surface area (TPSA) is 92.5 Å². The summed E-state index contributed by atoms with van der Waals surface area (Å²) in [5.74, 6) is -0.0182. The average molecular weight is 380 g/mol. The Kier molecular flexibility index (Phi) is 5.69. The number of rotatable bonds is 6. The smallest absolute Gasteiger partial charge is 0.240 e. The minimum atomic E-state index is -3.58. The second kappa shape index (κ2) is 7.66. The fourth-order valence-electron chi connectivity index (χ4n) is 3.81. The first kappa shape index (κ1) is 19.3. The van der Waals surface area contributed by atoms with Crippen molar-refractivity contribution in [3.05, 3.63) is 29.3 Å². The van der Waals surface area contributed by atoms with Crippen LogP contribution < -0.4 is 10.5 Å². The number of hydrogen-bond donors (Lipinski definition) is 2. The molecule has 1 fully saturated rings. The summed E-state index contributed by atoms with van der Waals surface area (Å²) in [6.45, 7) is 4.11. The highest BCUT2D eigenvalue weighted by Gasteiger charge is 2.34. The van der Waals surface area contributed by atoms with Crippen LogP contribution >= 0.6 is 0 Å². The van der Waals surface area contributed by atoms with Crippen molar-refractivity contribution >= 4 is 15.9 Å². The highest BCUT2D eigenvalue weighted by molar-refractivity contribution is 7.89. The number of benzene rings is 1. The van der Waals surface area contributed by atoms with Crippen LogP contribution in [0.3, 0.4) is 0 Å². The van der Waals surface area contributed by atoms with Gasteiger partial charge in [0.1, 0.15) is 0 Å². The van der Waals surface area contributed by atoms with Crippen molar-refractivity contribution in [3.8, 4) is 0 Å². The van der Waals surface area contributed by atoms with Crippen molar-refractivity contribution < 1.29 is 13.2 Å². The molecule has 0 saturated carbocycles. The molecule has 0 bridgehead atoms. The molecular formula is C19H29N3O3S. The zero-order valence-electron chi connectivity index (χ0n) is 15.5. The van der Waals surface area contributed by atoms with Crippen LogP contribution in [0.4, 0.5) is 0 Å². The molecule has 3 rings (SSSR count). The molecule has 1 atom stereocenters. The van der Waals surface area contributed by atoms with Gasteiger partial charge in [-0.15, -0.1) is 0 Å². The Hall–Kier alpha value is -1.44. The fraction of sp³-hybridized carbons (Fsp3) is 0.632. The molecule has 1 amide bonds. The number of nitrogens with zero attached hydrogens (tertiary/aromatic N) is 1. The lowest BCUT2D eigenvalue weighted by molar-refractivity contribution is -0.130. The number of aryl methyl sites for hydroxylation is 2. The van der Waals surface area contributed by atoms with Crippen molar-refractivity contribution in [1.29, 1.82) is 0 Å². The van der Waals surface area contributed by atoms with Crippen LogP contribution in [-0.4, -0.2) is 45.4 Å². The molecule has 1 heterocycles. The standard InChI is InChI=1S/C19H29N3O3S/c1-19(13-20)9-11-22(14-19)18(23)8-10-21-26(24,25)17-7-6-15-4-2-3-5-16(15)12-17/h6-7,12,21H,2-5,8-11,13-14,20H2,1H3. The molecule has 3 N–H and O–H groups in total. The van der Waals surface area contributed by atoms with Crippen molar-refractivity contribution in [2.75, 3.05) is 26.2 Å². The number of carbonyl (C=O) groups excluding carboxylic acids is 1. The molecule has 1 aliphatic heterocycles. The molecule has 2 aliphatic rings. The lowest BCUT2D eigenvalue weighted by atomic mass is 9.90. The number of sulfonamides is 1. The summed E-state index contributed by atoms with van der Waals surface area (Å²) in [7, 11) is -3.58. The van der Waals surface area contributed by atoms with Crippen molar-refractivity contribution in [3.63, 3.8) is 0 Å². The van der Waals surface area contributed by atoms with Crippen LogP contribution in [0.15, 0.2) is 23.1 Å². The van der Waals surface area contributed by atoms with Crippen LogP contribution in [0, 0.1) is 5.41 Å². The van der Waals surface area contributed by atoms with E-state index in [9.17, 15) is 13.2 Å². The first-order valence-electron chi connectivity index (χ1n) is 9.42. The van der Waals surface area contributed by atoms with Gasteiger partial charge in [-0.25, -0.2) is 13.1 Å². The highest BCUT2D eigenvalue weighted by Crippen LogP contribution is 2.28. The molecule has 0 aromatic heterocycles. The van der Waals surface area contributed by atoms with Crippen molar-refractivity contribution in [2.24, 2.45) is 11.1 Å². The molecule has 144 valence electrons. The molecule has 7 heteroatoms. The van der Waals surface area contributed by atoms with E-state index in [4.69, 9.17) is 5.73 Å². The number of nitrogens with one attached hydrogen (secondary N) is 1. The third-order valence-electron chi connectivity index (χ3n) is 5.66. The lowest BCUT2D eigenvalue weighted by Crippen LogP contribution is -2.36. The summed E-state index contributed by atoms with van der Waals surface area (Å²) in [6, 6.07) is 5.37. The second-order valence-electron chi connectivity index (χ2n) is 7.87. The van der Waals surface area contributed by atoms with Gasteiger partial charge in [-0.05, 0) is 67.3 Å². The van der Waals surface area contributed by atoms with E-state index >= 15 is 0 Å². The van der Waals surface area contributed by atoms with Crippen molar-refractivity contribution in [1.82, 2.24) is 9.62 Å². The maximum absolute atomic E-state index is 12.5. The van der Waals surface area contributed by atoms with E-state index in [-0.39, 0.29) is 24.3 Å². The van der Waals surface area contributed by atoms with E-state index in [0.717, 1.165) is 31.2 Å². The summed E-state index contributed by atoms with van der Waals surface area (Å²) in [6.07, 6.45) is 5.30. The Bertz CT molecular complexity index is 778. The summed E-state index contributed by atoms with van der Waals surface area (Å²) in [5.41, 5.74) is 8.14. The fourth-order valence-corrected chi connectivity index (χ4v) is 4.90. The van der Waals surface area contributed by atoms with Crippen LogP contribution in [0.25, 0.3) is 0 Å². The Morgan fingerprint density at radius 3 is 2.69 bits per heavy atom. The molecule has 1 aromatic carbocycles. The zero-order valence-corrected chi connectivity index (χ0v) is 16.3. The minimum absolute atomic E-state index is 0.0156. The van der Waals surface area contributed by atoms with Gasteiger partial charge in [0.2, 0.25) is 15.9 Å².